The maximum atomic E-state index is 4.03. The van der Waals surface area contributed by atoms with Gasteiger partial charge >= 0.3 is 0 Å². The predicted octanol–water partition coefficient (Wildman–Crippen LogP) is 1.95. The summed E-state index contributed by atoms with van der Waals surface area (Å²) in [6.45, 7) is 1.16. The summed E-state index contributed by atoms with van der Waals surface area (Å²) in [6, 6.07) is 9.17. The Hall–Kier alpha value is -1.68. The molecular weight excluding hydrogens is 224 g/mol. The summed E-state index contributed by atoms with van der Waals surface area (Å²) in [5.74, 6) is 0. The molecule has 0 saturated carbocycles. The van der Waals surface area contributed by atoms with E-state index in [1.165, 1.54) is 24.8 Å². The van der Waals surface area contributed by atoms with E-state index in [2.05, 4.69) is 39.9 Å². The van der Waals surface area contributed by atoms with Crippen molar-refractivity contribution < 1.29 is 0 Å². The summed E-state index contributed by atoms with van der Waals surface area (Å²) in [7, 11) is 0. The van der Waals surface area contributed by atoms with Crippen LogP contribution in [0, 0.1) is 0 Å². The van der Waals surface area contributed by atoms with Gasteiger partial charge in [-0.3, -0.25) is 0 Å². The molecule has 1 aliphatic rings. The zero-order chi connectivity index (χ0) is 12.2. The van der Waals surface area contributed by atoms with Crippen LogP contribution in [-0.2, 0) is 6.42 Å². The number of benzene rings is 1. The molecule has 3 rings (SSSR count). The SMILES string of the molecule is c1cc(CC2CCCCN2)cc(-n2ccnn2)c1. The average molecular weight is 242 g/mol. The molecule has 0 radical (unpaired) electrons. The quantitative estimate of drug-likeness (QED) is 0.894. The first-order chi connectivity index (χ1) is 8.92. The van der Waals surface area contributed by atoms with Crippen LogP contribution in [-0.4, -0.2) is 27.6 Å². The summed E-state index contributed by atoms with van der Waals surface area (Å²) < 4.78 is 1.80. The molecule has 1 fully saturated rings. The van der Waals surface area contributed by atoms with Crippen molar-refractivity contribution in [2.75, 3.05) is 6.54 Å². The summed E-state index contributed by atoms with van der Waals surface area (Å²) >= 11 is 0. The molecule has 2 aromatic rings. The Bertz CT molecular complexity index is 486. The van der Waals surface area contributed by atoms with Gasteiger partial charge in [-0.1, -0.05) is 23.8 Å². The lowest BCUT2D eigenvalue weighted by Gasteiger charge is -2.23. The van der Waals surface area contributed by atoms with Crippen molar-refractivity contribution in [3.05, 3.63) is 42.2 Å². The smallest absolute Gasteiger partial charge is 0.0697 e. The molecule has 94 valence electrons. The average Bonchev–Trinajstić information content (AvgIpc) is 2.94. The van der Waals surface area contributed by atoms with Crippen LogP contribution in [0.25, 0.3) is 5.69 Å². The molecule has 1 unspecified atom stereocenters. The lowest BCUT2D eigenvalue weighted by Crippen LogP contribution is -2.35. The molecule has 0 bridgehead atoms. The van der Waals surface area contributed by atoms with E-state index >= 15 is 0 Å². The number of hydrogen-bond acceptors (Lipinski definition) is 3. The van der Waals surface area contributed by atoms with Crippen molar-refractivity contribution in [2.24, 2.45) is 0 Å². The molecule has 1 aromatic heterocycles. The highest BCUT2D eigenvalue weighted by molar-refractivity contribution is 5.35. The van der Waals surface area contributed by atoms with Crippen LogP contribution in [0.2, 0.25) is 0 Å². The van der Waals surface area contributed by atoms with Crippen molar-refractivity contribution in [2.45, 2.75) is 31.7 Å². The van der Waals surface area contributed by atoms with Gasteiger partial charge < -0.3 is 5.32 Å². The number of nitrogens with one attached hydrogen (secondary N) is 1. The maximum absolute atomic E-state index is 4.03. The molecule has 0 aliphatic carbocycles. The van der Waals surface area contributed by atoms with Gasteiger partial charge in [0.2, 0.25) is 0 Å². The summed E-state index contributed by atoms with van der Waals surface area (Å²) in [5.41, 5.74) is 2.45. The van der Waals surface area contributed by atoms with E-state index in [4.69, 9.17) is 0 Å². The molecule has 18 heavy (non-hydrogen) atoms. The number of nitrogens with zero attached hydrogens (tertiary/aromatic N) is 3. The first-order valence-corrected chi connectivity index (χ1v) is 6.61. The van der Waals surface area contributed by atoms with Crippen molar-refractivity contribution in [3.8, 4) is 5.69 Å². The van der Waals surface area contributed by atoms with Crippen molar-refractivity contribution >= 4 is 0 Å². The van der Waals surface area contributed by atoms with E-state index in [0.29, 0.717) is 6.04 Å². The van der Waals surface area contributed by atoms with Gasteiger partial charge in [0.1, 0.15) is 0 Å². The van der Waals surface area contributed by atoms with Crippen LogP contribution in [0.3, 0.4) is 0 Å². The van der Waals surface area contributed by atoms with Crippen molar-refractivity contribution in [1.29, 1.82) is 0 Å². The minimum absolute atomic E-state index is 0.629. The van der Waals surface area contributed by atoms with Gasteiger partial charge in [0.15, 0.2) is 0 Å². The fourth-order valence-corrected chi connectivity index (χ4v) is 2.55. The molecule has 1 N–H and O–H groups in total. The third kappa shape index (κ3) is 2.59. The van der Waals surface area contributed by atoms with Gasteiger partial charge in [0.05, 0.1) is 18.1 Å². The van der Waals surface area contributed by atoms with Crippen LogP contribution in [0.1, 0.15) is 24.8 Å². The fraction of sp³-hybridized carbons (Fsp3) is 0.429. The highest BCUT2D eigenvalue weighted by Gasteiger charge is 2.13. The fourth-order valence-electron chi connectivity index (χ4n) is 2.55. The van der Waals surface area contributed by atoms with Gasteiger partial charge in [-0.2, -0.15) is 0 Å². The molecule has 1 aliphatic heterocycles. The number of hydrogen-bond donors (Lipinski definition) is 1. The third-order valence-corrected chi connectivity index (χ3v) is 3.49. The lowest BCUT2D eigenvalue weighted by molar-refractivity contribution is 0.399. The highest BCUT2D eigenvalue weighted by Crippen LogP contribution is 2.15. The van der Waals surface area contributed by atoms with E-state index in [1.54, 1.807) is 10.9 Å². The normalized spacial score (nSPS) is 19.9. The van der Waals surface area contributed by atoms with Crippen LogP contribution >= 0.6 is 0 Å². The Balaban J connectivity index is 1.74. The van der Waals surface area contributed by atoms with Crippen LogP contribution in [0.4, 0.5) is 0 Å². The van der Waals surface area contributed by atoms with Gasteiger partial charge in [-0.15, -0.1) is 5.10 Å². The zero-order valence-electron chi connectivity index (χ0n) is 10.4. The molecule has 4 nitrogen and oxygen atoms in total. The van der Waals surface area contributed by atoms with Gasteiger partial charge in [-0.05, 0) is 43.5 Å². The topological polar surface area (TPSA) is 42.7 Å². The first-order valence-electron chi connectivity index (χ1n) is 6.61. The Morgan fingerprint density at radius 2 is 2.33 bits per heavy atom. The van der Waals surface area contributed by atoms with Crippen LogP contribution in [0.15, 0.2) is 36.7 Å². The molecule has 2 heterocycles. The first kappa shape index (κ1) is 11.4. The standard InChI is InChI=1S/C14H18N4/c1-2-7-15-13(5-1)10-12-4-3-6-14(11-12)18-9-8-16-17-18/h3-4,6,8-9,11,13,15H,1-2,5,7,10H2. The molecule has 0 amide bonds. The second kappa shape index (κ2) is 5.31. The molecular formula is C14H18N4. The number of aromatic nitrogens is 3. The maximum Gasteiger partial charge on any atom is 0.0697 e. The summed E-state index contributed by atoms with van der Waals surface area (Å²) in [4.78, 5) is 0. The second-order valence-electron chi connectivity index (χ2n) is 4.87. The minimum atomic E-state index is 0.629. The molecule has 1 saturated heterocycles. The van der Waals surface area contributed by atoms with E-state index in [1.807, 2.05) is 6.20 Å². The van der Waals surface area contributed by atoms with Gasteiger partial charge in [0.25, 0.3) is 0 Å². The second-order valence-corrected chi connectivity index (χ2v) is 4.87. The number of rotatable bonds is 3. The third-order valence-electron chi connectivity index (χ3n) is 3.49. The largest absolute Gasteiger partial charge is 0.314 e. The molecule has 0 spiro atoms. The molecule has 1 aromatic carbocycles. The van der Waals surface area contributed by atoms with Crippen molar-refractivity contribution in [1.82, 2.24) is 20.3 Å². The number of piperidine rings is 1. The van der Waals surface area contributed by atoms with E-state index < -0.39 is 0 Å². The molecule has 1 atom stereocenters. The van der Waals surface area contributed by atoms with E-state index in [0.717, 1.165) is 18.7 Å². The Morgan fingerprint density at radius 1 is 1.33 bits per heavy atom. The lowest BCUT2D eigenvalue weighted by atomic mass is 9.97. The Labute approximate surface area is 107 Å². The van der Waals surface area contributed by atoms with E-state index in [-0.39, 0.29) is 0 Å². The zero-order valence-corrected chi connectivity index (χ0v) is 10.4. The monoisotopic (exact) mass is 242 g/mol. The minimum Gasteiger partial charge on any atom is -0.314 e. The summed E-state index contributed by atoms with van der Waals surface area (Å²) in [5, 5.41) is 11.5. The Kier molecular flexibility index (Phi) is 3.37. The highest BCUT2D eigenvalue weighted by atomic mass is 15.4. The van der Waals surface area contributed by atoms with Crippen LogP contribution in [0.5, 0.6) is 0 Å². The van der Waals surface area contributed by atoms with Gasteiger partial charge in [-0.25, -0.2) is 4.68 Å². The van der Waals surface area contributed by atoms with E-state index in [9.17, 15) is 0 Å². The predicted molar refractivity (Wildman–Crippen MR) is 70.7 cm³/mol. The van der Waals surface area contributed by atoms with Gasteiger partial charge in [0, 0.05) is 6.04 Å². The van der Waals surface area contributed by atoms with Crippen molar-refractivity contribution in [3.63, 3.8) is 0 Å². The molecule has 4 heteroatoms. The van der Waals surface area contributed by atoms with Crippen LogP contribution < -0.4 is 5.32 Å². The Morgan fingerprint density at radius 3 is 3.11 bits per heavy atom. The summed E-state index contributed by atoms with van der Waals surface area (Å²) in [6.07, 6.45) is 8.62.